The van der Waals surface area contributed by atoms with E-state index in [0.29, 0.717) is 6.54 Å². The van der Waals surface area contributed by atoms with Gasteiger partial charge >= 0.3 is 5.97 Å². The molecule has 5 heteroatoms. The monoisotopic (exact) mass is 228 g/mol. The predicted molar refractivity (Wildman–Crippen MR) is 59.9 cm³/mol. The van der Waals surface area contributed by atoms with Crippen LogP contribution >= 0.6 is 0 Å². The number of ether oxygens (including phenoxy) is 1. The lowest BCUT2D eigenvalue weighted by Gasteiger charge is -2.26. The van der Waals surface area contributed by atoms with Crippen LogP contribution in [0.15, 0.2) is 0 Å². The summed E-state index contributed by atoms with van der Waals surface area (Å²) in [5.74, 6) is -0.304. The quantitative estimate of drug-likeness (QED) is 0.660. The van der Waals surface area contributed by atoms with Crippen molar-refractivity contribution in [3.05, 3.63) is 0 Å². The highest BCUT2D eigenvalue weighted by molar-refractivity contribution is 5.87. The first-order valence-corrected chi connectivity index (χ1v) is 5.75. The van der Waals surface area contributed by atoms with E-state index < -0.39 is 5.54 Å². The van der Waals surface area contributed by atoms with Crippen molar-refractivity contribution < 1.29 is 14.3 Å². The van der Waals surface area contributed by atoms with Gasteiger partial charge in [-0.3, -0.25) is 9.59 Å². The molecule has 0 aromatic carbocycles. The number of esters is 1. The number of rotatable bonds is 5. The second-order valence-electron chi connectivity index (χ2n) is 4.05. The maximum atomic E-state index is 11.9. The third kappa shape index (κ3) is 2.95. The van der Waals surface area contributed by atoms with Gasteiger partial charge in [-0.25, -0.2) is 0 Å². The standard InChI is InChI=1S/C11H20N2O3/c1-3-11(6-4-7-13-11)10(15)12-8-5-9(14)16-2/h13H,3-8H2,1-2H3,(H,12,15). The van der Waals surface area contributed by atoms with Gasteiger partial charge in [0.05, 0.1) is 19.1 Å². The van der Waals surface area contributed by atoms with Crippen LogP contribution in [0.25, 0.3) is 0 Å². The Morgan fingerprint density at radius 2 is 2.25 bits per heavy atom. The molecule has 1 unspecified atom stereocenters. The van der Waals surface area contributed by atoms with Gasteiger partial charge in [0.1, 0.15) is 0 Å². The summed E-state index contributed by atoms with van der Waals surface area (Å²) in [6, 6.07) is 0. The van der Waals surface area contributed by atoms with Crippen LogP contribution < -0.4 is 10.6 Å². The van der Waals surface area contributed by atoms with Crippen molar-refractivity contribution in [1.29, 1.82) is 0 Å². The molecule has 1 aliphatic rings. The molecule has 1 aliphatic heterocycles. The lowest BCUT2D eigenvalue weighted by Crippen LogP contribution is -2.53. The largest absolute Gasteiger partial charge is 0.469 e. The van der Waals surface area contributed by atoms with E-state index in [2.05, 4.69) is 15.4 Å². The van der Waals surface area contributed by atoms with Crippen molar-refractivity contribution >= 4 is 11.9 Å². The van der Waals surface area contributed by atoms with Gasteiger partial charge in [0.25, 0.3) is 0 Å². The normalized spacial score (nSPS) is 24.1. The first-order valence-electron chi connectivity index (χ1n) is 5.75. The van der Waals surface area contributed by atoms with Crippen molar-refractivity contribution in [1.82, 2.24) is 10.6 Å². The fourth-order valence-corrected chi connectivity index (χ4v) is 2.01. The van der Waals surface area contributed by atoms with Gasteiger partial charge in [-0.05, 0) is 25.8 Å². The predicted octanol–water partition coefficient (Wildman–Crippen LogP) is 0.198. The molecular formula is C11H20N2O3. The summed E-state index contributed by atoms with van der Waals surface area (Å²) in [5.41, 5.74) is -0.421. The molecule has 0 aromatic rings. The van der Waals surface area contributed by atoms with Crippen LogP contribution in [0.2, 0.25) is 0 Å². The van der Waals surface area contributed by atoms with Crippen molar-refractivity contribution in [2.45, 2.75) is 38.1 Å². The summed E-state index contributed by atoms with van der Waals surface area (Å²) in [4.78, 5) is 22.8. The van der Waals surface area contributed by atoms with Crippen LogP contribution in [-0.4, -0.2) is 37.6 Å². The van der Waals surface area contributed by atoms with E-state index in [1.807, 2.05) is 6.92 Å². The minimum Gasteiger partial charge on any atom is -0.469 e. The summed E-state index contributed by atoms with van der Waals surface area (Å²) in [5, 5.41) is 6.02. The molecule has 1 heterocycles. The van der Waals surface area contributed by atoms with Crippen LogP contribution in [-0.2, 0) is 14.3 Å². The number of hydrogen-bond donors (Lipinski definition) is 2. The molecule has 5 nitrogen and oxygen atoms in total. The van der Waals surface area contributed by atoms with E-state index in [1.54, 1.807) is 0 Å². The van der Waals surface area contributed by atoms with Gasteiger partial charge in [0.15, 0.2) is 0 Å². The SMILES string of the molecule is CCC1(C(=O)NCCC(=O)OC)CCCN1. The fraction of sp³-hybridized carbons (Fsp3) is 0.818. The summed E-state index contributed by atoms with van der Waals surface area (Å²) in [6.07, 6.45) is 2.89. The molecular weight excluding hydrogens is 208 g/mol. The van der Waals surface area contributed by atoms with Crippen molar-refractivity contribution in [2.75, 3.05) is 20.2 Å². The highest BCUT2D eigenvalue weighted by Crippen LogP contribution is 2.22. The maximum absolute atomic E-state index is 11.9. The zero-order valence-corrected chi connectivity index (χ0v) is 9.97. The van der Waals surface area contributed by atoms with E-state index in [9.17, 15) is 9.59 Å². The second kappa shape index (κ2) is 5.84. The van der Waals surface area contributed by atoms with Gasteiger partial charge in [0, 0.05) is 6.54 Å². The molecule has 92 valence electrons. The lowest BCUT2D eigenvalue weighted by molar-refractivity contribution is -0.140. The van der Waals surface area contributed by atoms with Gasteiger partial charge in [-0.15, -0.1) is 0 Å². The van der Waals surface area contributed by atoms with Crippen LogP contribution in [0.3, 0.4) is 0 Å². The molecule has 0 radical (unpaired) electrons. The van der Waals surface area contributed by atoms with Gasteiger partial charge in [0.2, 0.25) is 5.91 Å². The van der Waals surface area contributed by atoms with E-state index in [1.165, 1.54) is 7.11 Å². The minimum absolute atomic E-state index is 0.00333. The smallest absolute Gasteiger partial charge is 0.307 e. The summed E-state index contributed by atoms with van der Waals surface area (Å²) < 4.78 is 4.50. The molecule has 2 N–H and O–H groups in total. The number of nitrogens with one attached hydrogen (secondary N) is 2. The van der Waals surface area contributed by atoms with E-state index in [0.717, 1.165) is 25.8 Å². The highest BCUT2D eigenvalue weighted by Gasteiger charge is 2.38. The average Bonchev–Trinajstić information content (AvgIpc) is 2.78. The molecule has 0 saturated carbocycles. The molecule has 0 spiro atoms. The Kier molecular flexibility index (Phi) is 4.73. The van der Waals surface area contributed by atoms with Gasteiger partial charge in [-0.1, -0.05) is 6.92 Å². The van der Waals surface area contributed by atoms with Crippen LogP contribution in [0, 0.1) is 0 Å². The van der Waals surface area contributed by atoms with Gasteiger partial charge in [-0.2, -0.15) is 0 Å². The Morgan fingerprint density at radius 3 is 2.75 bits per heavy atom. The Labute approximate surface area is 95.9 Å². The molecule has 1 saturated heterocycles. The number of carbonyl (C=O) groups excluding carboxylic acids is 2. The topological polar surface area (TPSA) is 67.4 Å². The summed E-state index contributed by atoms with van der Waals surface area (Å²) in [6.45, 7) is 3.23. The number of amides is 1. The van der Waals surface area contributed by atoms with Crippen LogP contribution in [0.1, 0.15) is 32.6 Å². The Bertz CT molecular complexity index is 260. The minimum atomic E-state index is -0.421. The van der Waals surface area contributed by atoms with E-state index in [4.69, 9.17) is 0 Å². The van der Waals surface area contributed by atoms with Gasteiger partial charge < -0.3 is 15.4 Å². The molecule has 0 aromatic heterocycles. The van der Waals surface area contributed by atoms with Crippen molar-refractivity contribution in [2.24, 2.45) is 0 Å². The van der Waals surface area contributed by atoms with Crippen molar-refractivity contribution in [3.8, 4) is 0 Å². The van der Waals surface area contributed by atoms with E-state index in [-0.39, 0.29) is 18.3 Å². The average molecular weight is 228 g/mol. The fourth-order valence-electron chi connectivity index (χ4n) is 2.01. The number of carbonyl (C=O) groups is 2. The third-order valence-corrected chi connectivity index (χ3v) is 3.12. The molecule has 0 aliphatic carbocycles. The Balaban J connectivity index is 2.36. The zero-order chi connectivity index (χ0) is 12.0. The van der Waals surface area contributed by atoms with Crippen LogP contribution in [0.4, 0.5) is 0 Å². The maximum Gasteiger partial charge on any atom is 0.307 e. The highest BCUT2D eigenvalue weighted by atomic mass is 16.5. The summed E-state index contributed by atoms with van der Waals surface area (Å²) in [7, 11) is 1.34. The second-order valence-corrected chi connectivity index (χ2v) is 4.05. The molecule has 1 fully saturated rings. The first-order chi connectivity index (χ1) is 7.64. The molecule has 1 atom stereocenters. The van der Waals surface area contributed by atoms with Crippen LogP contribution in [0.5, 0.6) is 0 Å². The lowest BCUT2D eigenvalue weighted by atomic mass is 9.93. The Hall–Kier alpha value is -1.10. The molecule has 0 bridgehead atoms. The van der Waals surface area contributed by atoms with E-state index >= 15 is 0 Å². The summed E-state index contributed by atoms with van der Waals surface area (Å²) >= 11 is 0. The molecule has 16 heavy (non-hydrogen) atoms. The Morgan fingerprint density at radius 1 is 1.50 bits per heavy atom. The number of methoxy groups -OCH3 is 1. The molecule has 1 rings (SSSR count). The third-order valence-electron chi connectivity index (χ3n) is 3.12. The zero-order valence-electron chi connectivity index (χ0n) is 9.97. The number of hydrogen-bond acceptors (Lipinski definition) is 4. The van der Waals surface area contributed by atoms with Crippen molar-refractivity contribution in [3.63, 3.8) is 0 Å². The first kappa shape index (κ1) is 13.0. The molecule has 1 amide bonds.